The van der Waals surface area contributed by atoms with Crippen molar-refractivity contribution >= 4 is 13.4 Å². The van der Waals surface area contributed by atoms with Crippen molar-refractivity contribution < 1.29 is 17.9 Å². The summed E-state index contributed by atoms with van der Waals surface area (Å²) in [5.74, 6) is 0.260. The Kier molecular flexibility index (Phi) is 3.51. The van der Waals surface area contributed by atoms with Crippen LogP contribution in [-0.2, 0) is 6.18 Å². The highest BCUT2D eigenvalue weighted by atomic mass is 19.4. The van der Waals surface area contributed by atoms with Crippen molar-refractivity contribution in [3.05, 3.63) is 47.5 Å². The molecule has 0 N–H and O–H groups in total. The van der Waals surface area contributed by atoms with Crippen LogP contribution in [0.1, 0.15) is 11.1 Å². The number of aryl methyl sites for hydroxylation is 1. The summed E-state index contributed by atoms with van der Waals surface area (Å²) in [6.07, 6.45) is -4.41. The first-order valence-corrected chi connectivity index (χ1v) is 5.44. The van der Waals surface area contributed by atoms with Gasteiger partial charge in [0.05, 0.1) is 5.56 Å². The normalized spacial score (nSPS) is 11.4. The van der Waals surface area contributed by atoms with Crippen LogP contribution in [0.3, 0.4) is 0 Å². The lowest BCUT2D eigenvalue weighted by atomic mass is 10.0. The Bertz CT molecular complexity index is 599. The van der Waals surface area contributed by atoms with E-state index in [0.717, 1.165) is 12.1 Å². The van der Waals surface area contributed by atoms with E-state index in [2.05, 4.69) is 4.98 Å². The van der Waals surface area contributed by atoms with Gasteiger partial charge in [-0.05, 0) is 30.7 Å². The topological polar surface area (TPSA) is 22.1 Å². The molecule has 6 heteroatoms. The first-order chi connectivity index (χ1) is 8.86. The quantitative estimate of drug-likeness (QED) is 0.777. The molecule has 2 aromatic rings. The van der Waals surface area contributed by atoms with Gasteiger partial charge >= 0.3 is 6.18 Å². The lowest BCUT2D eigenvalue weighted by Gasteiger charge is -2.11. The van der Waals surface area contributed by atoms with Crippen LogP contribution < -0.4 is 10.3 Å². The van der Waals surface area contributed by atoms with Gasteiger partial charge in [0.2, 0.25) is 5.88 Å². The van der Waals surface area contributed by atoms with Gasteiger partial charge in [0, 0.05) is 5.56 Å². The number of nitrogens with zero attached hydrogens (tertiary/aromatic N) is 1. The Balaban J connectivity index is 2.31. The van der Waals surface area contributed by atoms with Gasteiger partial charge in [0.25, 0.3) is 0 Å². The molecule has 19 heavy (non-hydrogen) atoms. The van der Waals surface area contributed by atoms with Crippen LogP contribution in [0.25, 0.3) is 0 Å². The highest BCUT2D eigenvalue weighted by Gasteiger charge is 2.30. The minimum Gasteiger partial charge on any atom is -0.439 e. The van der Waals surface area contributed by atoms with E-state index >= 15 is 0 Å². The Morgan fingerprint density at radius 1 is 1.16 bits per heavy atom. The van der Waals surface area contributed by atoms with E-state index in [-0.39, 0.29) is 17.2 Å². The predicted octanol–water partition coefficient (Wildman–Crippen LogP) is 2.99. The average Bonchev–Trinajstić information content (AvgIpc) is 2.33. The number of alkyl halides is 3. The van der Waals surface area contributed by atoms with E-state index < -0.39 is 11.7 Å². The second kappa shape index (κ2) is 4.95. The van der Waals surface area contributed by atoms with Crippen molar-refractivity contribution in [2.45, 2.75) is 13.1 Å². The van der Waals surface area contributed by atoms with E-state index in [1.54, 1.807) is 19.1 Å². The summed E-state index contributed by atoms with van der Waals surface area (Å²) in [7, 11) is 5.51. The zero-order chi connectivity index (χ0) is 14.0. The van der Waals surface area contributed by atoms with Gasteiger partial charge < -0.3 is 4.74 Å². The molecular weight excluding hydrogens is 254 g/mol. The molecule has 1 heterocycles. The zero-order valence-electron chi connectivity index (χ0n) is 10.0. The number of ether oxygens (including phenoxy) is 1. The lowest BCUT2D eigenvalue weighted by molar-refractivity contribution is -0.137. The Morgan fingerprint density at radius 3 is 2.58 bits per heavy atom. The standard InChI is InChI=1S/C13H9BF3NO/c1-8-5-6-11(14)18-12(8)19-10-4-2-3-9(7-10)13(15,16)17/h2-7H,1H3. The SMILES string of the molecule is [B]c1ccc(C)c(Oc2cccc(C(F)(F)F)c2)n1. The van der Waals surface area contributed by atoms with Crippen LogP contribution in [0.15, 0.2) is 36.4 Å². The molecule has 0 aliphatic rings. The van der Waals surface area contributed by atoms with Gasteiger partial charge in [-0.25, -0.2) is 4.98 Å². The monoisotopic (exact) mass is 263 g/mol. The largest absolute Gasteiger partial charge is 0.439 e. The molecule has 2 rings (SSSR count). The smallest absolute Gasteiger partial charge is 0.416 e. The fraction of sp³-hybridized carbons (Fsp3) is 0.154. The van der Waals surface area contributed by atoms with Crippen LogP contribution in [0, 0.1) is 6.92 Å². The lowest BCUT2D eigenvalue weighted by Crippen LogP contribution is -2.09. The van der Waals surface area contributed by atoms with Crippen LogP contribution >= 0.6 is 0 Å². The molecule has 0 aliphatic carbocycles. The maximum atomic E-state index is 12.6. The van der Waals surface area contributed by atoms with Crippen LogP contribution in [-0.4, -0.2) is 12.8 Å². The number of rotatable bonds is 2. The summed E-state index contributed by atoms with van der Waals surface area (Å²) < 4.78 is 43.0. The third kappa shape index (κ3) is 3.27. The molecule has 2 radical (unpaired) electrons. The molecule has 1 aromatic heterocycles. The maximum absolute atomic E-state index is 12.6. The highest BCUT2D eigenvalue weighted by Crippen LogP contribution is 2.32. The number of pyridine rings is 1. The van der Waals surface area contributed by atoms with Crippen molar-refractivity contribution in [1.29, 1.82) is 0 Å². The van der Waals surface area contributed by atoms with Gasteiger partial charge in [-0.1, -0.05) is 18.2 Å². The van der Waals surface area contributed by atoms with E-state index in [9.17, 15) is 13.2 Å². The van der Waals surface area contributed by atoms with Gasteiger partial charge in [-0.2, -0.15) is 13.2 Å². The third-order valence-electron chi connectivity index (χ3n) is 2.45. The molecule has 96 valence electrons. The van der Waals surface area contributed by atoms with Gasteiger partial charge in [-0.3, -0.25) is 0 Å². The number of hydrogen-bond donors (Lipinski definition) is 0. The summed E-state index contributed by atoms with van der Waals surface area (Å²) in [6, 6.07) is 7.88. The van der Waals surface area contributed by atoms with E-state index in [1.807, 2.05) is 0 Å². The molecule has 1 aromatic carbocycles. The summed E-state index contributed by atoms with van der Waals surface area (Å²) in [5, 5.41) is 0. The second-order valence-corrected chi connectivity index (χ2v) is 3.99. The van der Waals surface area contributed by atoms with E-state index in [1.165, 1.54) is 12.1 Å². The fourth-order valence-corrected chi connectivity index (χ4v) is 1.48. The van der Waals surface area contributed by atoms with Crippen LogP contribution in [0.5, 0.6) is 11.6 Å². The second-order valence-electron chi connectivity index (χ2n) is 3.99. The fourth-order valence-electron chi connectivity index (χ4n) is 1.48. The molecule has 0 bridgehead atoms. The van der Waals surface area contributed by atoms with E-state index in [4.69, 9.17) is 12.6 Å². The molecule has 0 saturated heterocycles. The minimum atomic E-state index is -4.41. The summed E-state index contributed by atoms with van der Waals surface area (Å²) in [6.45, 7) is 1.73. The minimum absolute atomic E-state index is 0.0658. The molecule has 0 atom stereocenters. The first kappa shape index (κ1) is 13.5. The van der Waals surface area contributed by atoms with Crippen molar-refractivity contribution in [2.75, 3.05) is 0 Å². The summed E-state index contributed by atoms with van der Waals surface area (Å²) in [4.78, 5) is 3.93. The van der Waals surface area contributed by atoms with Crippen molar-refractivity contribution in [3.63, 3.8) is 0 Å². The van der Waals surface area contributed by atoms with Crippen molar-refractivity contribution in [1.82, 2.24) is 4.98 Å². The summed E-state index contributed by atoms with van der Waals surface area (Å²) in [5.41, 5.74) is 0.158. The van der Waals surface area contributed by atoms with Crippen LogP contribution in [0.2, 0.25) is 0 Å². The Morgan fingerprint density at radius 2 is 1.89 bits per heavy atom. The zero-order valence-corrected chi connectivity index (χ0v) is 10.0. The molecule has 2 nitrogen and oxygen atoms in total. The molecule has 0 aliphatic heterocycles. The number of hydrogen-bond acceptors (Lipinski definition) is 2. The maximum Gasteiger partial charge on any atom is 0.416 e. The molecule has 0 fully saturated rings. The Labute approximate surface area is 109 Å². The highest BCUT2D eigenvalue weighted by molar-refractivity contribution is 6.30. The first-order valence-electron chi connectivity index (χ1n) is 5.44. The van der Waals surface area contributed by atoms with Gasteiger partial charge in [-0.15, -0.1) is 0 Å². The molecular formula is C13H9BF3NO. The third-order valence-corrected chi connectivity index (χ3v) is 2.45. The number of halogens is 3. The van der Waals surface area contributed by atoms with Gasteiger partial charge in [0.15, 0.2) is 0 Å². The van der Waals surface area contributed by atoms with Crippen molar-refractivity contribution in [2.24, 2.45) is 0 Å². The van der Waals surface area contributed by atoms with Gasteiger partial charge in [0.1, 0.15) is 13.6 Å². The number of aromatic nitrogens is 1. The average molecular weight is 263 g/mol. The number of benzene rings is 1. The molecule has 0 unspecified atom stereocenters. The predicted molar refractivity (Wildman–Crippen MR) is 65.9 cm³/mol. The molecule has 0 amide bonds. The Hall–Kier alpha value is -1.98. The van der Waals surface area contributed by atoms with E-state index in [0.29, 0.717) is 5.56 Å². The molecule has 0 spiro atoms. The van der Waals surface area contributed by atoms with Crippen molar-refractivity contribution in [3.8, 4) is 11.6 Å². The summed E-state index contributed by atoms with van der Waals surface area (Å²) >= 11 is 0. The van der Waals surface area contributed by atoms with Crippen LogP contribution in [0.4, 0.5) is 13.2 Å². The molecule has 0 saturated carbocycles.